The quantitative estimate of drug-likeness (QED) is 0.529. The van der Waals surface area contributed by atoms with Gasteiger partial charge in [0.05, 0.1) is 5.52 Å². The number of amides is 1. The van der Waals surface area contributed by atoms with E-state index in [1.807, 2.05) is 0 Å². The second kappa shape index (κ2) is 8.74. The van der Waals surface area contributed by atoms with Crippen molar-refractivity contribution in [2.45, 2.75) is 38.1 Å². The van der Waals surface area contributed by atoms with Crippen molar-refractivity contribution in [2.75, 3.05) is 19.7 Å². The minimum Gasteiger partial charge on any atom is -0.489 e. The molecule has 1 fully saturated rings. The van der Waals surface area contributed by atoms with E-state index < -0.39 is 23.4 Å². The van der Waals surface area contributed by atoms with Crippen LogP contribution >= 0.6 is 0 Å². The first-order valence-electron chi connectivity index (χ1n) is 11.3. The molecular formula is C25H26F3N3O2. The van der Waals surface area contributed by atoms with Gasteiger partial charge in [0.15, 0.2) is 11.6 Å². The number of ether oxygens (including phenoxy) is 1. The van der Waals surface area contributed by atoms with Crippen LogP contribution in [0.4, 0.5) is 13.2 Å². The van der Waals surface area contributed by atoms with Crippen LogP contribution in [0.5, 0.6) is 5.75 Å². The molecule has 2 heterocycles. The van der Waals surface area contributed by atoms with E-state index >= 15 is 0 Å². The van der Waals surface area contributed by atoms with Crippen molar-refractivity contribution in [3.8, 4) is 5.75 Å². The van der Waals surface area contributed by atoms with E-state index in [-0.39, 0.29) is 11.8 Å². The van der Waals surface area contributed by atoms with Gasteiger partial charge in [-0.1, -0.05) is 0 Å². The third-order valence-electron chi connectivity index (χ3n) is 6.73. The summed E-state index contributed by atoms with van der Waals surface area (Å²) in [6, 6.07) is 4.87. The molecule has 3 aromatic rings. The number of aromatic nitrogens is 1. The van der Waals surface area contributed by atoms with Gasteiger partial charge in [-0.25, -0.2) is 13.2 Å². The molecule has 1 saturated carbocycles. The number of hydrogen-bond acceptors (Lipinski definition) is 3. The smallest absolute Gasteiger partial charge is 0.249 e. The summed E-state index contributed by atoms with van der Waals surface area (Å²) in [7, 11) is 0. The van der Waals surface area contributed by atoms with Crippen molar-refractivity contribution in [1.82, 2.24) is 9.88 Å². The molecule has 0 unspecified atom stereocenters. The molecule has 5 nitrogen and oxygen atoms in total. The summed E-state index contributed by atoms with van der Waals surface area (Å²) < 4.78 is 47.7. The van der Waals surface area contributed by atoms with Crippen molar-refractivity contribution in [3.63, 3.8) is 0 Å². The Bertz CT molecular complexity index is 1210. The molecular weight excluding hydrogens is 431 g/mol. The zero-order valence-electron chi connectivity index (χ0n) is 18.2. The molecule has 33 heavy (non-hydrogen) atoms. The zero-order chi connectivity index (χ0) is 23.1. The van der Waals surface area contributed by atoms with Crippen LogP contribution in [0.3, 0.4) is 0 Å². The van der Waals surface area contributed by atoms with Crippen molar-refractivity contribution >= 4 is 16.8 Å². The molecule has 1 aliphatic heterocycles. The lowest BCUT2D eigenvalue weighted by molar-refractivity contribution is 0.0980. The third kappa shape index (κ3) is 4.44. The van der Waals surface area contributed by atoms with Crippen LogP contribution in [0.2, 0.25) is 0 Å². The number of rotatable bonds is 8. The highest BCUT2D eigenvalue weighted by atomic mass is 19.1. The molecule has 174 valence electrons. The van der Waals surface area contributed by atoms with Crippen LogP contribution in [0.1, 0.15) is 40.7 Å². The fourth-order valence-corrected chi connectivity index (χ4v) is 4.84. The number of fused-ring (bicyclic) bond motifs is 2. The normalized spacial score (nSPS) is 17.9. The molecule has 1 aliphatic carbocycles. The Kier molecular flexibility index (Phi) is 5.78. The summed E-state index contributed by atoms with van der Waals surface area (Å²) in [6.45, 7) is 2.00. The van der Waals surface area contributed by atoms with E-state index in [2.05, 4.69) is 9.88 Å². The minimum atomic E-state index is -0.595. The molecule has 0 saturated heterocycles. The molecule has 8 heteroatoms. The molecule has 1 atom stereocenters. The number of carbonyl (C=O) groups excluding carboxylic acids is 1. The SMILES string of the molecule is NC(=O)c1ccc(F)c2c1C[C@@H](N(CCCc1c[nH]c3c(F)cc(F)cc13)CC1CC1)CO2. The van der Waals surface area contributed by atoms with E-state index in [0.29, 0.717) is 47.4 Å². The summed E-state index contributed by atoms with van der Waals surface area (Å²) in [5.74, 6) is -1.51. The third-order valence-corrected chi connectivity index (χ3v) is 6.73. The highest BCUT2D eigenvalue weighted by Crippen LogP contribution is 2.35. The number of primary amides is 1. The summed E-state index contributed by atoms with van der Waals surface area (Å²) in [5.41, 5.74) is 7.53. The Balaban J connectivity index is 1.31. The summed E-state index contributed by atoms with van der Waals surface area (Å²) in [5, 5.41) is 0.567. The lowest BCUT2D eigenvalue weighted by Crippen LogP contribution is -2.45. The largest absolute Gasteiger partial charge is 0.489 e. The molecule has 0 bridgehead atoms. The lowest BCUT2D eigenvalue weighted by atomic mass is 9.95. The second-order valence-electron chi connectivity index (χ2n) is 9.10. The topological polar surface area (TPSA) is 71.4 Å². The molecule has 2 aliphatic rings. The van der Waals surface area contributed by atoms with Crippen molar-refractivity contribution < 1.29 is 22.7 Å². The minimum absolute atomic E-state index is 0.00384. The number of benzene rings is 2. The van der Waals surface area contributed by atoms with E-state index in [0.717, 1.165) is 31.1 Å². The molecule has 0 radical (unpaired) electrons. The average molecular weight is 457 g/mol. The van der Waals surface area contributed by atoms with Gasteiger partial charge in [-0.3, -0.25) is 9.69 Å². The number of nitrogens with zero attached hydrogens (tertiary/aromatic N) is 1. The Morgan fingerprint density at radius 2 is 2.00 bits per heavy atom. The van der Waals surface area contributed by atoms with Crippen LogP contribution in [0.25, 0.3) is 10.9 Å². The maximum Gasteiger partial charge on any atom is 0.249 e. The first kappa shape index (κ1) is 21.8. The summed E-state index contributed by atoms with van der Waals surface area (Å²) in [6.07, 6.45) is 6.04. The van der Waals surface area contributed by atoms with Gasteiger partial charge < -0.3 is 15.5 Å². The zero-order valence-corrected chi connectivity index (χ0v) is 18.2. The first-order chi connectivity index (χ1) is 15.9. The average Bonchev–Trinajstić information content (AvgIpc) is 3.51. The Morgan fingerprint density at radius 1 is 1.18 bits per heavy atom. The molecule has 1 aromatic heterocycles. The number of aromatic amines is 1. The monoisotopic (exact) mass is 457 g/mol. The van der Waals surface area contributed by atoms with Crippen molar-refractivity contribution in [3.05, 3.63) is 64.6 Å². The highest BCUT2D eigenvalue weighted by Gasteiger charge is 2.33. The van der Waals surface area contributed by atoms with E-state index in [1.54, 1.807) is 6.20 Å². The van der Waals surface area contributed by atoms with Gasteiger partial charge >= 0.3 is 0 Å². The molecule has 0 spiro atoms. The fraction of sp³-hybridized carbons (Fsp3) is 0.400. The van der Waals surface area contributed by atoms with E-state index in [9.17, 15) is 18.0 Å². The van der Waals surface area contributed by atoms with Crippen molar-refractivity contribution in [2.24, 2.45) is 11.7 Å². The number of H-pyrrole nitrogens is 1. The molecule has 3 N–H and O–H groups in total. The molecule has 2 aromatic carbocycles. The standard InChI is InChI=1S/C25H26F3N3O2/c26-16-8-19-15(11-30-23(19)22(28)9-16)2-1-7-31(12-14-3-4-14)17-10-20-18(25(29)32)5-6-21(27)24(20)33-13-17/h5-6,8-9,11,14,17,30H,1-4,7,10,12-13H2,(H2,29,32)/t17-/m1/s1. The van der Waals surface area contributed by atoms with Gasteiger partial charge in [0, 0.05) is 41.4 Å². The maximum absolute atomic E-state index is 14.3. The van der Waals surface area contributed by atoms with Crippen LogP contribution in [-0.4, -0.2) is 41.5 Å². The molecule has 1 amide bonds. The molecule has 5 rings (SSSR count). The number of carbonyl (C=O) groups is 1. The summed E-state index contributed by atoms with van der Waals surface area (Å²) in [4.78, 5) is 17.1. The summed E-state index contributed by atoms with van der Waals surface area (Å²) >= 11 is 0. The predicted molar refractivity (Wildman–Crippen MR) is 119 cm³/mol. The van der Waals surface area contributed by atoms with Gasteiger partial charge in [0.1, 0.15) is 18.2 Å². The van der Waals surface area contributed by atoms with Gasteiger partial charge in [0.2, 0.25) is 5.91 Å². The van der Waals surface area contributed by atoms with Gasteiger partial charge in [-0.15, -0.1) is 0 Å². The predicted octanol–water partition coefficient (Wildman–Crippen LogP) is 4.33. The highest BCUT2D eigenvalue weighted by molar-refractivity contribution is 5.95. The van der Waals surface area contributed by atoms with Crippen molar-refractivity contribution in [1.29, 1.82) is 0 Å². The van der Waals surface area contributed by atoms with Gasteiger partial charge in [-0.05, 0) is 68.3 Å². The van der Waals surface area contributed by atoms with Crippen LogP contribution < -0.4 is 10.5 Å². The lowest BCUT2D eigenvalue weighted by Gasteiger charge is -2.36. The Labute approximate surface area is 189 Å². The second-order valence-corrected chi connectivity index (χ2v) is 9.10. The van der Waals surface area contributed by atoms with Gasteiger partial charge in [0.25, 0.3) is 0 Å². The first-order valence-corrected chi connectivity index (χ1v) is 11.3. The Hall–Kier alpha value is -3.00. The van der Waals surface area contributed by atoms with Crippen LogP contribution in [-0.2, 0) is 12.8 Å². The van der Waals surface area contributed by atoms with Crippen LogP contribution in [0, 0.1) is 23.4 Å². The van der Waals surface area contributed by atoms with Gasteiger partial charge in [-0.2, -0.15) is 0 Å². The number of nitrogens with one attached hydrogen (secondary N) is 1. The van der Waals surface area contributed by atoms with E-state index in [1.165, 1.54) is 31.0 Å². The maximum atomic E-state index is 14.3. The number of hydrogen-bond donors (Lipinski definition) is 2. The fourth-order valence-electron chi connectivity index (χ4n) is 4.84. The van der Waals surface area contributed by atoms with Crippen LogP contribution in [0.15, 0.2) is 30.5 Å². The Morgan fingerprint density at radius 3 is 2.76 bits per heavy atom. The number of nitrogens with two attached hydrogens (primary N) is 1. The number of aryl methyl sites for hydroxylation is 1. The van der Waals surface area contributed by atoms with E-state index in [4.69, 9.17) is 10.5 Å². The number of halogens is 3.